The van der Waals surface area contributed by atoms with Crippen LogP contribution in [0.15, 0.2) is 6.20 Å². The molecule has 1 aromatic heterocycles. The molecule has 118 valence electrons. The van der Waals surface area contributed by atoms with Gasteiger partial charge in [-0.2, -0.15) is 5.10 Å². The summed E-state index contributed by atoms with van der Waals surface area (Å²) < 4.78 is 5.32. The van der Waals surface area contributed by atoms with Gasteiger partial charge in [0.1, 0.15) is 5.60 Å². The molecule has 0 aliphatic heterocycles. The zero-order valence-corrected chi connectivity index (χ0v) is 13.3. The molecule has 2 atom stereocenters. The second kappa shape index (κ2) is 6.47. The maximum absolute atomic E-state index is 11.9. The minimum absolute atomic E-state index is 0.132. The van der Waals surface area contributed by atoms with E-state index >= 15 is 0 Å². The van der Waals surface area contributed by atoms with Crippen LogP contribution >= 0.6 is 0 Å². The van der Waals surface area contributed by atoms with Crippen molar-refractivity contribution in [3.05, 3.63) is 17.5 Å². The summed E-state index contributed by atoms with van der Waals surface area (Å²) in [6.07, 6.45) is 4.68. The van der Waals surface area contributed by atoms with Crippen LogP contribution in [0.5, 0.6) is 0 Å². The topological polar surface area (TPSA) is 79.0 Å². The minimum atomic E-state index is -0.459. The number of nitrogens with one attached hydrogen (secondary N) is 3. The van der Waals surface area contributed by atoms with E-state index in [1.165, 1.54) is 0 Å². The monoisotopic (exact) mass is 294 g/mol. The lowest BCUT2D eigenvalue weighted by atomic mass is 10.1. The van der Waals surface area contributed by atoms with Crippen molar-refractivity contribution in [1.29, 1.82) is 0 Å². The number of hydrogen-bond donors (Lipinski definition) is 3. The first kappa shape index (κ1) is 15.8. The summed E-state index contributed by atoms with van der Waals surface area (Å²) in [5.74, 6) is 0. The first-order valence-corrected chi connectivity index (χ1v) is 7.57. The van der Waals surface area contributed by atoms with Crippen LogP contribution < -0.4 is 10.6 Å². The molecule has 6 heteroatoms. The first-order chi connectivity index (χ1) is 9.85. The van der Waals surface area contributed by atoms with Crippen molar-refractivity contribution in [2.75, 3.05) is 0 Å². The average Bonchev–Trinajstić information content (AvgIpc) is 2.93. The number of carbonyl (C=O) groups excluding carboxylic acids is 1. The van der Waals surface area contributed by atoms with Crippen molar-refractivity contribution in [3.63, 3.8) is 0 Å². The summed E-state index contributed by atoms with van der Waals surface area (Å²) in [5.41, 5.74) is 1.79. The predicted molar refractivity (Wildman–Crippen MR) is 81.0 cm³/mol. The van der Waals surface area contributed by atoms with E-state index in [2.05, 4.69) is 20.8 Å². The van der Waals surface area contributed by atoms with Crippen LogP contribution in [0.25, 0.3) is 0 Å². The fraction of sp³-hybridized carbons (Fsp3) is 0.733. The normalized spacial score (nSPS) is 22.3. The summed E-state index contributed by atoms with van der Waals surface area (Å²) in [4.78, 5) is 11.9. The average molecular weight is 294 g/mol. The molecule has 1 aromatic rings. The number of hydrogen-bond acceptors (Lipinski definition) is 4. The van der Waals surface area contributed by atoms with Gasteiger partial charge in [-0.25, -0.2) is 4.79 Å². The third-order valence-electron chi connectivity index (χ3n) is 3.71. The molecule has 1 amide bonds. The molecule has 0 bridgehead atoms. The maximum Gasteiger partial charge on any atom is 0.407 e. The van der Waals surface area contributed by atoms with Gasteiger partial charge in [0.25, 0.3) is 0 Å². The Bertz CT molecular complexity index is 478. The van der Waals surface area contributed by atoms with E-state index in [0.717, 1.165) is 37.1 Å². The lowest BCUT2D eigenvalue weighted by Crippen LogP contribution is -2.47. The fourth-order valence-electron chi connectivity index (χ4n) is 2.63. The number of ether oxygens (including phenoxy) is 1. The standard InChI is InChI=1S/C15H26N4O2/c1-10-11(9-17-19-10)8-16-12-6-5-7-13(12)18-14(20)21-15(2,3)4/h9,12-13,16H,5-8H2,1-4H3,(H,17,19)(H,18,20). The van der Waals surface area contributed by atoms with E-state index in [1.54, 1.807) is 0 Å². The highest BCUT2D eigenvalue weighted by molar-refractivity contribution is 5.68. The Morgan fingerprint density at radius 3 is 2.76 bits per heavy atom. The highest BCUT2D eigenvalue weighted by atomic mass is 16.6. The van der Waals surface area contributed by atoms with Crippen LogP contribution in [-0.2, 0) is 11.3 Å². The van der Waals surface area contributed by atoms with Crippen molar-refractivity contribution in [1.82, 2.24) is 20.8 Å². The third-order valence-corrected chi connectivity index (χ3v) is 3.71. The Morgan fingerprint density at radius 1 is 1.43 bits per heavy atom. The van der Waals surface area contributed by atoms with E-state index in [0.29, 0.717) is 0 Å². The molecule has 1 aliphatic carbocycles. The number of rotatable bonds is 4. The van der Waals surface area contributed by atoms with E-state index < -0.39 is 5.60 Å². The molecule has 0 aromatic carbocycles. The third kappa shape index (κ3) is 4.74. The van der Waals surface area contributed by atoms with Crippen molar-refractivity contribution >= 4 is 6.09 Å². The largest absolute Gasteiger partial charge is 0.444 e. The number of nitrogens with zero attached hydrogens (tertiary/aromatic N) is 1. The lowest BCUT2D eigenvalue weighted by Gasteiger charge is -2.25. The van der Waals surface area contributed by atoms with Gasteiger partial charge in [0.05, 0.1) is 6.20 Å². The second-order valence-electron chi connectivity index (χ2n) is 6.69. The van der Waals surface area contributed by atoms with E-state index in [4.69, 9.17) is 4.74 Å². The van der Waals surface area contributed by atoms with E-state index in [-0.39, 0.29) is 18.2 Å². The number of aromatic amines is 1. The molecular formula is C15H26N4O2. The predicted octanol–water partition coefficient (Wildman–Crippen LogP) is 2.25. The van der Waals surface area contributed by atoms with Crippen LogP contribution in [-0.4, -0.2) is 34.0 Å². The summed E-state index contributed by atoms with van der Waals surface area (Å²) in [7, 11) is 0. The molecule has 2 rings (SSSR count). The number of aryl methyl sites for hydroxylation is 1. The zero-order chi connectivity index (χ0) is 15.5. The van der Waals surface area contributed by atoms with Crippen molar-refractivity contribution in [2.24, 2.45) is 0 Å². The van der Waals surface area contributed by atoms with Crippen LogP contribution in [0, 0.1) is 6.92 Å². The summed E-state index contributed by atoms with van der Waals surface area (Å²) in [6.45, 7) is 8.39. The maximum atomic E-state index is 11.9. The van der Waals surface area contributed by atoms with Gasteiger partial charge in [-0.15, -0.1) is 0 Å². The number of H-pyrrole nitrogens is 1. The second-order valence-corrected chi connectivity index (χ2v) is 6.69. The Hall–Kier alpha value is -1.56. The first-order valence-electron chi connectivity index (χ1n) is 7.57. The quantitative estimate of drug-likeness (QED) is 0.796. The summed E-state index contributed by atoms with van der Waals surface area (Å²) in [6, 6.07) is 0.416. The van der Waals surface area contributed by atoms with Gasteiger partial charge >= 0.3 is 6.09 Å². The fourth-order valence-corrected chi connectivity index (χ4v) is 2.63. The van der Waals surface area contributed by atoms with Crippen molar-refractivity contribution in [2.45, 2.75) is 71.2 Å². The molecule has 2 unspecified atom stereocenters. The van der Waals surface area contributed by atoms with Crippen LogP contribution in [0.1, 0.15) is 51.3 Å². The minimum Gasteiger partial charge on any atom is -0.444 e. The van der Waals surface area contributed by atoms with Gasteiger partial charge in [0.2, 0.25) is 0 Å². The molecule has 6 nitrogen and oxygen atoms in total. The molecule has 1 heterocycles. The molecule has 3 N–H and O–H groups in total. The zero-order valence-electron chi connectivity index (χ0n) is 13.3. The molecule has 1 fully saturated rings. The summed E-state index contributed by atoms with van der Waals surface area (Å²) >= 11 is 0. The molecule has 0 radical (unpaired) electrons. The Kier molecular flexibility index (Phi) is 4.88. The van der Waals surface area contributed by atoms with Gasteiger partial charge < -0.3 is 15.4 Å². The Balaban J connectivity index is 1.83. The smallest absolute Gasteiger partial charge is 0.407 e. The lowest BCUT2D eigenvalue weighted by molar-refractivity contribution is 0.0498. The Morgan fingerprint density at radius 2 is 2.14 bits per heavy atom. The number of amides is 1. The van der Waals surface area contributed by atoms with Crippen molar-refractivity contribution in [3.8, 4) is 0 Å². The van der Waals surface area contributed by atoms with Gasteiger partial charge in [-0.3, -0.25) is 5.10 Å². The van der Waals surface area contributed by atoms with Crippen molar-refractivity contribution < 1.29 is 9.53 Å². The molecule has 21 heavy (non-hydrogen) atoms. The van der Waals surface area contributed by atoms with Crippen LogP contribution in [0.4, 0.5) is 4.79 Å². The van der Waals surface area contributed by atoms with E-state index in [9.17, 15) is 4.79 Å². The van der Waals surface area contributed by atoms with Gasteiger partial charge in [0.15, 0.2) is 0 Å². The molecular weight excluding hydrogens is 268 g/mol. The van der Waals surface area contributed by atoms with Gasteiger partial charge in [0, 0.05) is 29.9 Å². The highest BCUT2D eigenvalue weighted by Crippen LogP contribution is 2.20. The van der Waals surface area contributed by atoms with Gasteiger partial charge in [-0.1, -0.05) is 0 Å². The van der Waals surface area contributed by atoms with Crippen LogP contribution in [0.2, 0.25) is 0 Å². The van der Waals surface area contributed by atoms with Gasteiger partial charge in [-0.05, 0) is 47.0 Å². The highest BCUT2D eigenvalue weighted by Gasteiger charge is 2.29. The number of aromatic nitrogens is 2. The van der Waals surface area contributed by atoms with E-state index in [1.807, 2.05) is 33.9 Å². The summed E-state index contributed by atoms with van der Waals surface area (Å²) in [5, 5.41) is 13.4. The molecule has 1 saturated carbocycles. The Labute approximate surface area is 126 Å². The molecule has 1 aliphatic rings. The number of alkyl carbamates (subject to hydrolysis) is 1. The molecule has 0 saturated heterocycles. The number of carbonyl (C=O) groups is 1. The van der Waals surface area contributed by atoms with Crippen LogP contribution in [0.3, 0.4) is 0 Å². The SMILES string of the molecule is Cc1[nH]ncc1CNC1CCCC1NC(=O)OC(C)(C)C. The molecule has 0 spiro atoms.